The molecule has 6 nitrogen and oxygen atoms in total. The lowest BCUT2D eigenvalue weighted by Crippen LogP contribution is -2.49. The Morgan fingerprint density at radius 2 is 2.09 bits per heavy atom. The molecule has 23 heavy (non-hydrogen) atoms. The van der Waals surface area contributed by atoms with Gasteiger partial charge in [0.05, 0.1) is 5.92 Å². The van der Waals surface area contributed by atoms with Gasteiger partial charge in [-0.1, -0.05) is 6.92 Å². The Kier molecular flexibility index (Phi) is 3.30. The van der Waals surface area contributed by atoms with Gasteiger partial charge in [-0.25, -0.2) is 0 Å². The highest BCUT2D eigenvalue weighted by atomic mass is 16.7. The van der Waals surface area contributed by atoms with E-state index >= 15 is 0 Å². The molecular formula is C17H19NO5. The van der Waals surface area contributed by atoms with Gasteiger partial charge in [-0.05, 0) is 29.7 Å². The molecule has 0 amide bonds. The summed E-state index contributed by atoms with van der Waals surface area (Å²) < 4.78 is 10.9. The molecular weight excluding hydrogens is 298 g/mol. The predicted molar refractivity (Wildman–Crippen MR) is 80.5 cm³/mol. The van der Waals surface area contributed by atoms with Gasteiger partial charge >= 0.3 is 5.97 Å². The van der Waals surface area contributed by atoms with Crippen LogP contribution in [-0.2, 0) is 16.0 Å². The summed E-state index contributed by atoms with van der Waals surface area (Å²) >= 11 is 0. The highest BCUT2D eigenvalue weighted by molar-refractivity contribution is 5.87. The first-order valence-corrected chi connectivity index (χ1v) is 7.96. The summed E-state index contributed by atoms with van der Waals surface area (Å²) in [6.45, 7) is 3.23. The maximum Gasteiger partial charge on any atom is 0.306 e. The summed E-state index contributed by atoms with van der Waals surface area (Å²) in [7, 11) is 0. The average molecular weight is 317 g/mol. The van der Waals surface area contributed by atoms with Gasteiger partial charge < -0.3 is 14.6 Å². The number of nitrogens with zero attached hydrogens (tertiary/aromatic N) is 1. The van der Waals surface area contributed by atoms with Crippen LogP contribution in [0.5, 0.6) is 11.5 Å². The summed E-state index contributed by atoms with van der Waals surface area (Å²) in [6, 6.07) is 4.03. The largest absolute Gasteiger partial charge is 0.481 e. The topological polar surface area (TPSA) is 76.1 Å². The van der Waals surface area contributed by atoms with E-state index in [1.165, 1.54) is 5.56 Å². The second kappa shape index (κ2) is 5.23. The molecule has 3 heterocycles. The van der Waals surface area contributed by atoms with Crippen molar-refractivity contribution in [2.75, 3.05) is 19.9 Å². The number of hydrogen-bond acceptors (Lipinski definition) is 5. The van der Waals surface area contributed by atoms with E-state index in [4.69, 9.17) is 9.47 Å². The Bertz CT molecular complexity index is 686. The van der Waals surface area contributed by atoms with Crippen LogP contribution in [0.4, 0.5) is 0 Å². The molecule has 1 fully saturated rings. The van der Waals surface area contributed by atoms with Crippen molar-refractivity contribution >= 4 is 11.8 Å². The van der Waals surface area contributed by atoms with Crippen molar-refractivity contribution in [2.24, 2.45) is 11.8 Å². The molecule has 0 radical (unpaired) electrons. The first-order chi connectivity index (χ1) is 11.0. The number of ether oxygens (including phenoxy) is 2. The fourth-order valence-corrected chi connectivity index (χ4v) is 3.91. The van der Waals surface area contributed by atoms with E-state index in [0.29, 0.717) is 13.0 Å². The van der Waals surface area contributed by atoms with E-state index in [1.54, 1.807) is 6.92 Å². The lowest BCUT2D eigenvalue weighted by molar-refractivity contribution is -0.148. The average Bonchev–Trinajstić information content (AvgIpc) is 2.99. The van der Waals surface area contributed by atoms with E-state index in [1.807, 2.05) is 12.1 Å². The van der Waals surface area contributed by atoms with E-state index in [9.17, 15) is 14.7 Å². The maximum atomic E-state index is 12.5. The maximum absolute atomic E-state index is 12.5. The summed E-state index contributed by atoms with van der Waals surface area (Å²) in [5.74, 6) is -0.397. The SMILES string of the molecule is CC(C(=O)O)C1CN2CCc3cc4c(cc3C2CC1=O)OCO4. The molecule has 0 aromatic heterocycles. The van der Waals surface area contributed by atoms with Crippen LogP contribution in [0.3, 0.4) is 0 Å². The highest BCUT2D eigenvalue weighted by Gasteiger charge is 2.42. The van der Waals surface area contributed by atoms with Crippen molar-refractivity contribution in [3.05, 3.63) is 23.3 Å². The van der Waals surface area contributed by atoms with Gasteiger partial charge in [0.25, 0.3) is 0 Å². The molecule has 1 aromatic carbocycles. The Labute approximate surface area is 134 Å². The van der Waals surface area contributed by atoms with Crippen molar-refractivity contribution in [2.45, 2.75) is 25.8 Å². The summed E-state index contributed by atoms with van der Waals surface area (Å²) in [6.07, 6.45) is 1.25. The fourth-order valence-electron chi connectivity index (χ4n) is 3.91. The van der Waals surface area contributed by atoms with Crippen LogP contribution in [0, 0.1) is 11.8 Å². The predicted octanol–water partition coefficient (Wildman–Crippen LogP) is 1.62. The molecule has 6 heteroatoms. The molecule has 4 rings (SSSR count). The zero-order valence-corrected chi connectivity index (χ0v) is 12.9. The molecule has 3 aliphatic rings. The third-order valence-corrected chi connectivity index (χ3v) is 5.33. The summed E-state index contributed by atoms with van der Waals surface area (Å²) in [5.41, 5.74) is 2.32. The van der Waals surface area contributed by atoms with Gasteiger partial charge in [0.1, 0.15) is 5.78 Å². The van der Waals surface area contributed by atoms with Crippen molar-refractivity contribution in [3.63, 3.8) is 0 Å². The third-order valence-electron chi connectivity index (χ3n) is 5.33. The zero-order valence-electron chi connectivity index (χ0n) is 12.9. The molecule has 3 atom stereocenters. The van der Waals surface area contributed by atoms with E-state index in [-0.39, 0.29) is 18.6 Å². The minimum absolute atomic E-state index is 0.0259. The monoisotopic (exact) mass is 317 g/mol. The first kappa shape index (κ1) is 14.5. The van der Waals surface area contributed by atoms with Gasteiger partial charge in [0.2, 0.25) is 6.79 Å². The van der Waals surface area contributed by atoms with Crippen LogP contribution in [0.15, 0.2) is 12.1 Å². The number of ketones is 1. The molecule has 0 aliphatic carbocycles. The van der Waals surface area contributed by atoms with Crippen molar-refractivity contribution in [1.82, 2.24) is 4.90 Å². The van der Waals surface area contributed by atoms with E-state index in [2.05, 4.69) is 4.90 Å². The zero-order chi connectivity index (χ0) is 16.1. The number of Topliss-reactive ketones (excluding diaryl/α,β-unsaturated/α-hetero) is 1. The van der Waals surface area contributed by atoms with Crippen molar-refractivity contribution in [3.8, 4) is 11.5 Å². The van der Waals surface area contributed by atoms with Crippen LogP contribution in [0.2, 0.25) is 0 Å². The fraction of sp³-hybridized carbons (Fsp3) is 0.529. The standard InChI is InChI=1S/C17H19NO5/c1-9(17(20)21)12-7-18-3-2-10-4-15-16(23-8-22-15)5-11(10)13(18)6-14(12)19/h4-5,9,12-13H,2-3,6-8H2,1H3,(H,20,21). The lowest BCUT2D eigenvalue weighted by atomic mass is 9.78. The number of carbonyl (C=O) groups excluding carboxylic acids is 1. The lowest BCUT2D eigenvalue weighted by Gasteiger charge is -2.43. The Hall–Kier alpha value is -2.08. The van der Waals surface area contributed by atoms with Crippen molar-refractivity contribution in [1.29, 1.82) is 0 Å². The Morgan fingerprint density at radius 3 is 2.83 bits per heavy atom. The molecule has 0 saturated carbocycles. The number of carboxylic acid groups (broad SMARTS) is 1. The third kappa shape index (κ3) is 2.28. The minimum Gasteiger partial charge on any atom is -0.481 e. The van der Waals surface area contributed by atoms with Crippen LogP contribution >= 0.6 is 0 Å². The molecule has 1 aromatic rings. The number of carboxylic acids is 1. The van der Waals surface area contributed by atoms with Gasteiger partial charge in [-0.3, -0.25) is 14.5 Å². The number of hydrogen-bond donors (Lipinski definition) is 1. The van der Waals surface area contributed by atoms with Gasteiger partial charge in [0.15, 0.2) is 11.5 Å². The minimum atomic E-state index is -0.900. The summed E-state index contributed by atoms with van der Waals surface area (Å²) in [5, 5.41) is 9.21. The first-order valence-electron chi connectivity index (χ1n) is 7.96. The number of carbonyl (C=O) groups is 2. The Balaban J connectivity index is 1.64. The quantitative estimate of drug-likeness (QED) is 0.893. The number of fused-ring (bicyclic) bond motifs is 4. The van der Waals surface area contributed by atoms with Gasteiger partial charge in [0, 0.05) is 31.5 Å². The second-order valence-corrected chi connectivity index (χ2v) is 6.57. The molecule has 3 unspecified atom stereocenters. The van der Waals surface area contributed by atoms with Crippen molar-refractivity contribution < 1.29 is 24.2 Å². The van der Waals surface area contributed by atoms with Crippen LogP contribution in [0.25, 0.3) is 0 Å². The second-order valence-electron chi connectivity index (χ2n) is 6.57. The van der Waals surface area contributed by atoms with Crippen LogP contribution in [0.1, 0.15) is 30.5 Å². The molecule has 0 bridgehead atoms. The molecule has 1 saturated heterocycles. The number of aliphatic carboxylic acids is 1. The van der Waals surface area contributed by atoms with Gasteiger partial charge in [-0.15, -0.1) is 0 Å². The van der Waals surface area contributed by atoms with E-state index < -0.39 is 17.8 Å². The normalized spacial score (nSPS) is 27.3. The number of benzene rings is 1. The molecule has 1 N–H and O–H groups in total. The van der Waals surface area contributed by atoms with E-state index in [0.717, 1.165) is 30.0 Å². The highest BCUT2D eigenvalue weighted by Crippen LogP contribution is 2.44. The van der Waals surface area contributed by atoms with Gasteiger partial charge in [-0.2, -0.15) is 0 Å². The smallest absolute Gasteiger partial charge is 0.306 e. The van der Waals surface area contributed by atoms with Crippen LogP contribution < -0.4 is 9.47 Å². The molecule has 3 aliphatic heterocycles. The molecule has 122 valence electrons. The summed E-state index contributed by atoms with van der Waals surface area (Å²) in [4.78, 5) is 26.0. The van der Waals surface area contributed by atoms with Crippen LogP contribution in [-0.4, -0.2) is 41.6 Å². The molecule has 0 spiro atoms. The Morgan fingerprint density at radius 1 is 1.35 bits per heavy atom. The number of rotatable bonds is 2. The number of piperidine rings is 1.